The van der Waals surface area contributed by atoms with Crippen LogP contribution in [0.25, 0.3) is 0 Å². The zero-order valence-electron chi connectivity index (χ0n) is 14.7. The van der Waals surface area contributed by atoms with Crippen LogP contribution in [-0.4, -0.2) is 47.2 Å². The molecule has 0 spiro atoms. The van der Waals surface area contributed by atoms with Crippen LogP contribution in [0.2, 0.25) is 0 Å². The molecule has 1 N–H and O–H groups in total. The molecule has 0 aliphatic carbocycles. The average Bonchev–Trinajstić information content (AvgIpc) is 3.37. The highest BCUT2D eigenvalue weighted by Gasteiger charge is 2.51. The molecule has 2 saturated heterocycles. The van der Waals surface area contributed by atoms with Crippen LogP contribution in [0, 0.1) is 19.8 Å². The predicted molar refractivity (Wildman–Crippen MR) is 94.8 cm³/mol. The lowest BCUT2D eigenvalue weighted by Crippen LogP contribution is -2.37. The fourth-order valence-electron chi connectivity index (χ4n) is 3.88. The van der Waals surface area contributed by atoms with E-state index in [4.69, 9.17) is 9.26 Å². The Morgan fingerprint density at radius 2 is 2.27 bits per heavy atom. The van der Waals surface area contributed by atoms with Crippen molar-refractivity contribution < 1.29 is 18.8 Å². The molecule has 138 valence electrons. The summed E-state index contributed by atoms with van der Waals surface area (Å²) in [5.41, 5.74) is 1.07. The molecule has 2 aromatic heterocycles. The number of nitrogens with zero attached hydrogens (tertiary/aromatic N) is 2. The number of amides is 2. The Morgan fingerprint density at radius 1 is 1.42 bits per heavy atom. The minimum atomic E-state index is -0.355. The summed E-state index contributed by atoms with van der Waals surface area (Å²) < 4.78 is 10.9. The van der Waals surface area contributed by atoms with E-state index in [0.29, 0.717) is 36.7 Å². The fraction of sp³-hybridized carbons (Fsp3) is 0.500. The van der Waals surface area contributed by atoms with Gasteiger partial charge < -0.3 is 19.5 Å². The minimum absolute atomic E-state index is 0.0654. The summed E-state index contributed by atoms with van der Waals surface area (Å²) in [4.78, 5) is 28.6. The van der Waals surface area contributed by atoms with E-state index in [-0.39, 0.29) is 29.9 Å². The molecule has 4 heterocycles. The van der Waals surface area contributed by atoms with Crippen molar-refractivity contribution in [2.75, 3.05) is 13.2 Å². The van der Waals surface area contributed by atoms with Gasteiger partial charge >= 0.3 is 0 Å². The zero-order chi connectivity index (χ0) is 18.3. The molecule has 2 fully saturated rings. The molecule has 2 aliphatic rings. The van der Waals surface area contributed by atoms with Gasteiger partial charge in [-0.15, -0.1) is 11.3 Å². The number of carbonyl (C=O) groups excluding carboxylic acids is 2. The zero-order valence-corrected chi connectivity index (χ0v) is 15.5. The number of likely N-dealkylation sites (tertiary alicyclic amines) is 1. The average molecular weight is 375 g/mol. The molecule has 4 rings (SSSR count). The van der Waals surface area contributed by atoms with E-state index in [1.54, 1.807) is 30.1 Å². The number of carbonyl (C=O) groups is 2. The van der Waals surface area contributed by atoms with Crippen LogP contribution in [0.15, 0.2) is 22.0 Å². The molecule has 0 bridgehead atoms. The summed E-state index contributed by atoms with van der Waals surface area (Å²) >= 11 is 1.61. The molecule has 3 unspecified atom stereocenters. The van der Waals surface area contributed by atoms with Crippen molar-refractivity contribution in [2.45, 2.75) is 39.0 Å². The molecule has 7 nitrogen and oxygen atoms in total. The Labute approximate surface area is 155 Å². The van der Waals surface area contributed by atoms with E-state index < -0.39 is 0 Å². The topological polar surface area (TPSA) is 84.7 Å². The monoisotopic (exact) mass is 375 g/mol. The van der Waals surface area contributed by atoms with Crippen molar-refractivity contribution in [3.8, 4) is 0 Å². The van der Waals surface area contributed by atoms with E-state index in [0.717, 1.165) is 11.3 Å². The molecule has 8 heteroatoms. The second-order valence-electron chi connectivity index (χ2n) is 6.75. The predicted octanol–water partition coefficient (Wildman–Crippen LogP) is 1.90. The highest BCUT2D eigenvalue weighted by Crippen LogP contribution is 2.35. The fourth-order valence-corrected chi connectivity index (χ4v) is 4.53. The number of hydrogen-bond acceptors (Lipinski definition) is 6. The Morgan fingerprint density at radius 3 is 2.96 bits per heavy atom. The molecular formula is C18H21N3O4S. The van der Waals surface area contributed by atoms with Crippen molar-refractivity contribution in [1.29, 1.82) is 0 Å². The number of ether oxygens (including phenoxy) is 1. The van der Waals surface area contributed by atoms with Crippen LogP contribution >= 0.6 is 11.3 Å². The number of thiophene rings is 1. The van der Waals surface area contributed by atoms with Crippen molar-refractivity contribution >= 4 is 23.2 Å². The van der Waals surface area contributed by atoms with Crippen LogP contribution in [-0.2, 0) is 16.1 Å². The normalized spacial score (nSPS) is 24.7. The lowest BCUT2D eigenvalue weighted by atomic mass is 10.0. The van der Waals surface area contributed by atoms with Gasteiger partial charge in [-0.05, 0) is 31.7 Å². The molecule has 0 saturated carbocycles. The number of fused-ring (bicyclic) bond motifs is 1. The first kappa shape index (κ1) is 17.2. The third kappa shape index (κ3) is 2.93. The maximum atomic E-state index is 13.0. The lowest BCUT2D eigenvalue weighted by molar-refractivity contribution is -0.127. The van der Waals surface area contributed by atoms with E-state index in [2.05, 4.69) is 10.5 Å². The van der Waals surface area contributed by atoms with Crippen LogP contribution in [0.5, 0.6) is 0 Å². The largest absolute Gasteiger partial charge is 0.375 e. The molecule has 0 aromatic carbocycles. The van der Waals surface area contributed by atoms with Gasteiger partial charge in [0.2, 0.25) is 5.91 Å². The summed E-state index contributed by atoms with van der Waals surface area (Å²) in [6.07, 6.45) is 0.497. The summed E-state index contributed by atoms with van der Waals surface area (Å²) in [6, 6.07) is 3.87. The maximum absolute atomic E-state index is 13.0. The lowest BCUT2D eigenvalue weighted by Gasteiger charge is -2.22. The second kappa shape index (κ2) is 6.85. The molecule has 0 radical (unpaired) electrons. The first-order chi connectivity index (χ1) is 12.6. The van der Waals surface area contributed by atoms with E-state index >= 15 is 0 Å². The summed E-state index contributed by atoms with van der Waals surface area (Å²) in [5.74, 6) is -0.0416. The molecule has 2 aliphatic heterocycles. The summed E-state index contributed by atoms with van der Waals surface area (Å²) in [5, 5.41) is 8.84. The Kier molecular flexibility index (Phi) is 4.54. The van der Waals surface area contributed by atoms with Gasteiger partial charge in [0.25, 0.3) is 5.91 Å². The molecular weight excluding hydrogens is 354 g/mol. The SMILES string of the molecule is Cc1noc(C)c1C(=O)N1CC(C(=O)NCc2cccs2)C2OCCC21. The summed E-state index contributed by atoms with van der Waals surface area (Å²) in [6.45, 7) is 4.91. The van der Waals surface area contributed by atoms with Crippen molar-refractivity contribution in [3.05, 3.63) is 39.4 Å². The number of aromatic nitrogens is 1. The van der Waals surface area contributed by atoms with Gasteiger partial charge in [0.1, 0.15) is 11.3 Å². The smallest absolute Gasteiger partial charge is 0.259 e. The number of nitrogens with one attached hydrogen (secondary N) is 1. The van der Waals surface area contributed by atoms with Crippen molar-refractivity contribution in [2.24, 2.45) is 5.92 Å². The van der Waals surface area contributed by atoms with Gasteiger partial charge in [-0.25, -0.2) is 0 Å². The first-order valence-electron chi connectivity index (χ1n) is 8.72. The maximum Gasteiger partial charge on any atom is 0.259 e. The first-order valence-corrected chi connectivity index (χ1v) is 9.59. The van der Waals surface area contributed by atoms with Crippen LogP contribution in [0.1, 0.15) is 33.1 Å². The van der Waals surface area contributed by atoms with Gasteiger partial charge in [-0.2, -0.15) is 0 Å². The standard InChI is InChI=1S/C18H21N3O4S/c1-10-15(11(2)25-20-10)18(23)21-9-13(16-14(21)5-6-24-16)17(22)19-8-12-4-3-7-26-12/h3-4,7,13-14,16H,5-6,8-9H2,1-2H3,(H,19,22). The molecule has 3 atom stereocenters. The summed E-state index contributed by atoms with van der Waals surface area (Å²) in [7, 11) is 0. The molecule has 2 amide bonds. The van der Waals surface area contributed by atoms with Crippen LogP contribution in [0.4, 0.5) is 0 Å². The van der Waals surface area contributed by atoms with Gasteiger partial charge in [0.05, 0.1) is 30.3 Å². The van der Waals surface area contributed by atoms with Gasteiger partial charge in [-0.1, -0.05) is 11.2 Å². The van der Waals surface area contributed by atoms with E-state index in [1.807, 2.05) is 17.5 Å². The number of hydrogen-bond donors (Lipinski definition) is 1. The Balaban J connectivity index is 1.50. The highest BCUT2D eigenvalue weighted by atomic mass is 32.1. The van der Waals surface area contributed by atoms with E-state index in [9.17, 15) is 9.59 Å². The Bertz CT molecular complexity index is 797. The molecule has 26 heavy (non-hydrogen) atoms. The van der Waals surface area contributed by atoms with Gasteiger partial charge in [0, 0.05) is 18.0 Å². The van der Waals surface area contributed by atoms with Gasteiger partial charge in [0.15, 0.2) is 0 Å². The number of rotatable bonds is 4. The van der Waals surface area contributed by atoms with Crippen molar-refractivity contribution in [1.82, 2.24) is 15.4 Å². The van der Waals surface area contributed by atoms with E-state index in [1.165, 1.54) is 0 Å². The minimum Gasteiger partial charge on any atom is -0.375 e. The van der Waals surface area contributed by atoms with Crippen LogP contribution < -0.4 is 5.32 Å². The van der Waals surface area contributed by atoms with Crippen LogP contribution in [0.3, 0.4) is 0 Å². The number of aryl methyl sites for hydroxylation is 2. The third-order valence-electron chi connectivity index (χ3n) is 5.16. The Hall–Kier alpha value is -2.19. The quantitative estimate of drug-likeness (QED) is 0.882. The third-order valence-corrected chi connectivity index (χ3v) is 6.03. The molecule has 2 aromatic rings. The van der Waals surface area contributed by atoms with Gasteiger partial charge in [-0.3, -0.25) is 9.59 Å². The highest BCUT2D eigenvalue weighted by molar-refractivity contribution is 7.09. The second-order valence-corrected chi connectivity index (χ2v) is 7.78. The van der Waals surface area contributed by atoms with Crippen molar-refractivity contribution in [3.63, 3.8) is 0 Å².